The number of hydrogen-bond donors (Lipinski definition) is 2. The van der Waals surface area contributed by atoms with Crippen molar-refractivity contribution in [3.63, 3.8) is 0 Å². The summed E-state index contributed by atoms with van der Waals surface area (Å²) in [4.78, 5) is 24.3. The lowest BCUT2D eigenvalue weighted by molar-refractivity contribution is -0.137. The molecule has 0 aromatic rings. The summed E-state index contributed by atoms with van der Waals surface area (Å²) in [7, 11) is 0. The quantitative estimate of drug-likeness (QED) is 0.741. The van der Waals surface area contributed by atoms with Crippen LogP contribution in [-0.2, 0) is 4.79 Å². The van der Waals surface area contributed by atoms with Gasteiger partial charge in [-0.3, -0.25) is 9.59 Å². The fourth-order valence-electron chi connectivity index (χ4n) is 1.43. The molecule has 0 aliphatic rings. The van der Waals surface area contributed by atoms with Crippen LogP contribution in [-0.4, -0.2) is 46.1 Å². The number of carboxylic acid groups (broad SMARTS) is 1. The molecule has 1 atom stereocenters. The average Bonchev–Trinajstić information content (AvgIpc) is 2.22. The number of amides is 1. The van der Waals surface area contributed by atoms with E-state index < -0.39 is 12.0 Å². The molecule has 0 radical (unpaired) electrons. The summed E-state index contributed by atoms with van der Waals surface area (Å²) in [6, 6.07) is -0.987. The van der Waals surface area contributed by atoms with Crippen molar-refractivity contribution < 1.29 is 14.7 Å². The van der Waals surface area contributed by atoms with Gasteiger partial charge in [0.05, 0.1) is 0 Å². The van der Waals surface area contributed by atoms with E-state index in [2.05, 4.69) is 0 Å². The molecular weight excluding hydrogens is 252 g/mol. The second kappa shape index (κ2) is 8.37. The van der Waals surface area contributed by atoms with Crippen molar-refractivity contribution in [1.29, 1.82) is 0 Å². The summed E-state index contributed by atoms with van der Waals surface area (Å²) in [5, 5.41) is 8.57. The van der Waals surface area contributed by atoms with E-state index in [0.29, 0.717) is 24.9 Å². The van der Waals surface area contributed by atoms with E-state index in [-0.39, 0.29) is 11.0 Å². The van der Waals surface area contributed by atoms with Gasteiger partial charge >= 0.3 is 5.97 Å². The third-order valence-electron chi connectivity index (χ3n) is 2.13. The molecule has 0 saturated heterocycles. The van der Waals surface area contributed by atoms with Crippen molar-refractivity contribution in [2.24, 2.45) is 17.6 Å². The highest BCUT2D eigenvalue weighted by Gasteiger charge is 2.19. The van der Waals surface area contributed by atoms with Crippen LogP contribution in [0.2, 0.25) is 0 Å². The fraction of sp³-hybridized carbons (Fsp3) is 0.833. The fourth-order valence-corrected chi connectivity index (χ4v) is 2.23. The Morgan fingerprint density at radius 2 is 1.61 bits per heavy atom. The standard InChI is InChI=1S/C12H24N2O3S/c1-8(2)5-14(6-9(3)4)12(17)18-7-10(13)11(15)16/h8-10H,5-7,13H2,1-4H3,(H,15,16). The minimum atomic E-state index is -1.07. The molecule has 106 valence electrons. The Bertz CT molecular complexity index is 272. The molecule has 0 aromatic carbocycles. The topological polar surface area (TPSA) is 83.6 Å². The van der Waals surface area contributed by atoms with Gasteiger partial charge in [-0.15, -0.1) is 0 Å². The van der Waals surface area contributed by atoms with Gasteiger partial charge in [0.1, 0.15) is 6.04 Å². The first kappa shape index (κ1) is 17.2. The number of nitrogens with two attached hydrogens (primary N) is 1. The number of aliphatic carboxylic acids is 1. The minimum absolute atomic E-state index is 0.0888. The molecule has 0 heterocycles. The van der Waals surface area contributed by atoms with Crippen LogP contribution in [0.1, 0.15) is 27.7 Å². The van der Waals surface area contributed by atoms with Crippen LogP contribution in [0.3, 0.4) is 0 Å². The van der Waals surface area contributed by atoms with Crippen LogP contribution in [0.4, 0.5) is 4.79 Å². The molecule has 0 aliphatic carbocycles. The number of carboxylic acids is 1. The van der Waals surface area contributed by atoms with Gasteiger partial charge in [-0.25, -0.2) is 0 Å². The van der Waals surface area contributed by atoms with Gasteiger partial charge in [0, 0.05) is 18.8 Å². The molecule has 3 N–H and O–H groups in total. The first-order chi connectivity index (χ1) is 8.23. The van der Waals surface area contributed by atoms with Crippen LogP contribution in [0, 0.1) is 11.8 Å². The molecular formula is C12H24N2O3S. The number of nitrogens with zero attached hydrogens (tertiary/aromatic N) is 1. The number of hydrogen-bond acceptors (Lipinski definition) is 4. The zero-order chi connectivity index (χ0) is 14.3. The smallest absolute Gasteiger partial charge is 0.321 e. The molecule has 1 amide bonds. The highest BCUT2D eigenvalue weighted by atomic mass is 32.2. The molecule has 0 aliphatic heterocycles. The lowest BCUT2D eigenvalue weighted by Gasteiger charge is -2.26. The molecule has 0 spiro atoms. The lowest BCUT2D eigenvalue weighted by atomic mass is 10.1. The van der Waals surface area contributed by atoms with Gasteiger partial charge in [0.25, 0.3) is 5.24 Å². The van der Waals surface area contributed by atoms with Gasteiger partial charge in [0.2, 0.25) is 0 Å². The third kappa shape index (κ3) is 7.55. The Labute approximate surface area is 113 Å². The molecule has 18 heavy (non-hydrogen) atoms. The molecule has 6 heteroatoms. The zero-order valence-electron chi connectivity index (χ0n) is 11.5. The second-order valence-corrected chi connectivity index (χ2v) is 6.19. The Hall–Kier alpha value is -0.750. The summed E-state index contributed by atoms with van der Waals surface area (Å²) in [5.41, 5.74) is 5.38. The van der Waals surface area contributed by atoms with Crippen molar-refractivity contribution >= 4 is 23.0 Å². The largest absolute Gasteiger partial charge is 0.480 e. The van der Waals surface area contributed by atoms with Crippen LogP contribution in [0.5, 0.6) is 0 Å². The van der Waals surface area contributed by atoms with Crippen molar-refractivity contribution in [3.8, 4) is 0 Å². The van der Waals surface area contributed by atoms with Crippen molar-refractivity contribution in [2.45, 2.75) is 33.7 Å². The van der Waals surface area contributed by atoms with Crippen molar-refractivity contribution in [1.82, 2.24) is 4.90 Å². The molecule has 0 fully saturated rings. The predicted molar refractivity (Wildman–Crippen MR) is 74.7 cm³/mol. The Kier molecular flexibility index (Phi) is 8.02. The van der Waals surface area contributed by atoms with Crippen LogP contribution < -0.4 is 5.73 Å². The van der Waals surface area contributed by atoms with Crippen molar-refractivity contribution in [3.05, 3.63) is 0 Å². The zero-order valence-corrected chi connectivity index (χ0v) is 12.4. The van der Waals surface area contributed by atoms with E-state index in [9.17, 15) is 9.59 Å². The van der Waals surface area contributed by atoms with E-state index in [1.54, 1.807) is 4.90 Å². The molecule has 0 aromatic heterocycles. The maximum absolute atomic E-state index is 12.0. The maximum Gasteiger partial charge on any atom is 0.321 e. The summed E-state index contributed by atoms with van der Waals surface area (Å²) < 4.78 is 0. The van der Waals surface area contributed by atoms with E-state index in [0.717, 1.165) is 11.8 Å². The van der Waals surface area contributed by atoms with Gasteiger partial charge in [-0.05, 0) is 11.8 Å². The first-order valence-corrected chi connectivity index (χ1v) is 7.12. The van der Waals surface area contributed by atoms with E-state index in [1.807, 2.05) is 27.7 Å². The highest BCUT2D eigenvalue weighted by molar-refractivity contribution is 8.13. The summed E-state index contributed by atoms with van der Waals surface area (Å²) in [6.07, 6.45) is 0. The molecule has 1 unspecified atom stereocenters. The van der Waals surface area contributed by atoms with E-state index in [4.69, 9.17) is 10.8 Å². The predicted octanol–water partition coefficient (Wildman–Crippen LogP) is 1.87. The summed E-state index contributed by atoms with van der Waals surface area (Å²) >= 11 is 0.986. The number of carbonyl (C=O) groups excluding carboxylic acids is 1. The molecule has 0 saturated carbocycles. The first-order valence-electron chi connectivity index (χ1n) is 6.14. The molecule has 0 bridgehead atoms. The third-order valence-corrected chi connectivity index (χ3v) is 3.16. The van der Waals surface area contributed by atoms with E-state index in [1.165, 1.54) is 0 Å². The Morgan fingerprint density at radius 3 is 1.94 bits per heavy atom. The SMILES string of the molecule is CC(C)CN(CC(C)C)C(=O)SCC(N)C(=O)O. The second-order valence-electron chi connectivity index (χ2n) is 5.21. The highest BCUT2D eigenvalue weighted by Crippen LogP contribution is 2.14. The van der Waals surface area contributed by atoms with Crippen LogP contribution >= 0.6 is 11.8 Å². The van der Waals surface area contributed by atoms with Crippen LogP contribution in [0.15, 0.2) is 0 Å². The van der Waals surface area contributed by atoms with Gasteiger partial charge in [-0.1, -0.05) is 39.5 Å². The van der Waals surface area contributed by atoms with Gasteiger partial charge < -0.3 is 15.7 Å². The molecule has 5 nitrogen and oxygen atoms in total. The number of carbonyl (C=O) groups is 2. The minimum Gasteiger partial charge on any atom is -0.480 e. The van der Waals surface area contributed by atoms with Crippen molar-refractivity contribution in [2.75, 3.05) is 18.8 Å². The average molecular weight is 276 g/mol. The summed E-state index contributed by atoms with van der Waals surface area (Å²) in [6.45, 7) is 9.57. The van der Waals surface area contributed by atoms with Crippen LogP contribution in [0.25, 0.3) is 0 Å². The van der Waals surface area contributed by atoms with E-state index >= 15 is 0 Å². The normalized spacial score (nSPS) is 12.8. The lowest BCUT2D eigenvalue weighted by Crippen LogP contribution is -2.37. The van der Waals surface area contributed by atoms with Gasteiger partial charge in [-0.2, -0.15) is 0 Å². The molecule has 0 rings (SSSR count). The number of thioether (sulfide) groups is 1. The van der Waals surface area contributed by atoms with Gasteiger partial charge in [0.15, 0.2) is 0 Å². The number of rotatable bonds is 7. The summed E-state index contributed by atoms with van der Waals surface area (Å²) in [5.74, 6) is -0.182. The monoisotopic (exact) mass is 276 g/mol. The Morgan fingerprint density at radius 1 is 1.17 bits per heavy atom. The maximum atomic E-state index is 12.0. The Balaban J connectivity index is 4.32.